The standard InChI is InChI=1S/C15H13F2NO3/c1-9-2-4-12(19)10(6-9)8-18-11-3-5-13-14(7-11)21-15(16,17)20-13/h2-7,18-19H,8H2,1H3. The minimum Gasteiger partial charge on any atom is -0.508 e. The van der Waals surface area contributed by atoms with Gasteiger partial charge in [0.05, 0.1) is 0 Å². The Morgan fingerprint density at radius 2 is 1.86 bits per heavy atom. The lowest BCUT2D eigenvalue weighted by atomic mass is 10.1. The predicted molar refractivity (Wildman–Crippen MR) is 72.8 cm³/mol. The Balaban J connectivity index is 1.74. The number of anilines is 1. The Hall–Kier alpha value is -2.50. The van der Waals surface area contributed by atoms with Crippen molar-refractivity contribution in [2.24, 2.45) is 0 Å². The van der Waals surface area contributed by atoms with Crippen molar-refractivity contribution in [2.45, 2.75) is 19.8 Å². The summed E-state index contributed by atoms with van der Waals surface area (Å²) in [5.41, 5.74) is 2.34. The fourth-order valence-corrected chi connectivity index (χ4v) is 2.11. The SMILES string of the molecule is Cc1ccc(O)c(CNc2ccc3c(c2)OC(F)(F)O3)c1. The number of alkyl halides is 2. The van der Waals surface area contributed by atoms with Gasteiger partial charge in [0.15, 0.2) is 11.5 Å². The summed E-state index contributed by atoms with van der Waals surface area (Å²) in [6.07, 6.45) is -3.62. The van der Waals surface area contributed by atoms with E-state index in [1.54, 1.807) is 12.1 Å². The van der Waals surface area contributed by atoms with Crippen molar-refractivity contribution in [1.82, 2.24) is 0 Å². The summed E-state index contributed by atoms with van der Waals surface area (Å²) in [4.78, 5) is 0. The van der Waals surface area contributed by atoms with Crippen molar-refractivity contribution in [3.05, 3.63) is 47.5 Å². The molecule has 6 heteroatoms. The molecule has 0 aromatic heterocycles. The highest BCUT2D eigenvalue weighted by molar-refractivity contribution is 5.56. The van der Waals surface area contributed by atoms with Gasteiger partial charge in [0.1, 0.15) is 5.75 Å². The van der Waals surface area contributed by atoms with Gasteiger partial charge < -0.3 is 19.9 Å². The largest absolute Gasteiger partial charge is 0.586 e. The van der Waals surface area contributed by atoms with Crippen molar-refractivity contribution in [2.75, 3.05) is 5.32 Å². The lowest BCUT2D eigenvalue weighted by Gasteiger charge is -2.09. The zero-order chi connectivity index (χ0) is 15.0. The van der Waals surface area contributed by atoms with E-state index in [0.29, 0.717) is 12.2 Å². The molecule has 0 bridgehead atoms. The second-order valence-electron chi connectivity index (χ2n) is 4.81. The van der Waals surface area contributed by atoms with E-state index in [9.17, 15) is 13.9 Å². The summed E-state index contributed by atoms with van der Waals surface area (Å²) in [5, 5.41) is 12.8. The van der Waals surface area contributed by atoms with Crippen molar-refractivity contribution in [3.8, 4) is 17.2 Å². The first kappa shape index (κ1) is 13.5. The molecule has 21 heavy (non-hydrogen) atoms. The summed E-state index contributed by atoms with van der Waals surface area (Å²) in [7, 11) is 0. The number of halogens is 2. The molecule has 2 N–H and O–H groups in total. The smallest absolute Gasteiger partial charge is 0.508 e. The third-order valence-electron chi connectivity index (χ3n) is 3.12. The Bertz CT molecular complexity index is 689. The van der Waals surface area contributed by atoms with E-state index in [1.165, 1.54) is 12.1 Å². The van der Waals surface area contributed by atoms with Crippen LogP contribution in [0.25, 0.3) is 0 Å². The molecule has 0 saturated heterocycles. The number of aromatic hydroxyl groups is 1. The molecule has 1 aliphatic heterocycles. The fraction of sp³-hybridized carbons (Fsp3) is 0.200. The molecular weight excluding hydrogens is 280 g/mol. The van der Waals surface area contributed by atoms with Crippen LogP contribution in [0.3, 0.4) is 0 Å². The zero-order valence-corrected chi connectivity index (χ0v) is 11.2. The number of phenolic OH excluding ortho intramolecular Hbond substituents is 1. The van der Waals surface area contributed by atoms with Crippen LogP contribution in [0, 0.1) is 6.92 Å². The van der Waals surface area contributed by atoms with Gasteiger partial charge in [-0.15, -0.1) is 8.78 Å². The summed E-state index contributed by atoms with van der Waals surface area (Å²) in [6.45, 7) is 2.29. The zero-order valence-electron chi connectivity index (χ0n) is 11.2. The van der Waals surface area contributed by atoms with Crippen LogP contribution >= 0.6 is 0 Å². The molecule has 0 saturated carbocycles. The molecule has 4 nitrogen and oxygen atoms in total. The van der Waals surface area contributed by atoms with Gasteiger partial charge in [-0.2, -0.15) is 0 Å². The molecule has 1 aliphatic rings. The molecule has 2 aromatic carbocycles. The van der Waals surface area contributed by atoms with E-state index in [4.69, 9.17) is 0 Å². The molecule has 0 radical (unpaired) electrons. The fourth-order valence-electron chi connectivity index (χ4n) is 2.11. The number of hydrogen-bond acceptors (Lipinski definition) is 4. The van der Waals surface area contributed by atoms with Crippen molar-refractivity contribution < 1.29 is 23.4 Å². The highest BCUT2D eigenvalue weighted by atomic mass is 19.3. The molecule has 0 amide bonds. The first-order chi connectivity index (χ1) is 9.93. The normalized spacial score (nSPS) is 15.0. The minimum atomic E-state index is -3.62. The number of nitrogens with one attached hydrogen (secondary N) is 1. The van der Waals surface area contributed by atoms with Gasteiger partial charge in [-0.05, 0) is 25.1 Å². The third-order valence-corrected chi connectivity index (χ3v) is 3.12. The lowest BCUT2D eigenvalue weighted by Crippen LogP contribution is -2.25. The van der Waals surface area contributed by atoms with Crippen LogP contribution in [0.5, 0.6) is 17.2 Å². The van der Waals surface area contributed by atoms with Gasteiger partial charge in [-0.25, -0.2) is 0 Å². The summed E-state index contributed by atoms with van der Waals surface area (Å²) in [6, 6.07) is 9.73. The van der Waals surface area contributed by atoms with Crippen molar-refractivity contribution >= 4 is 5.69 Å². The maximum Gasteiger partial charge on any atom is 0.586 e. The van der Waals surface area contributed by atoms with Crippen LogP contribution < -0.4 is 14.8 Å². The molecule has 0 spiro atoms. The first-order valence-electron chi connectivity index (χ1n) is 6.35. The topological polar surface area (TPSA) is 50.7 Å². The number of aryl methyl sites for hydroxylation is 1. The monoisotopic (exact) mass is 293 g/mol. The van der Waals surface area contributed by atoms with Crippen LogP contribution in [-0.2, 0) is 6.54 Å². The Morgan fingerprint density at radius 3 is 2.67 bits per heavy atom. The van der Waals surface area contributed by atoms with Gasteiger partial charge in [0.25, 0.3) is 0 Å². The number of fused-ring (bicyclic) bond motifs is 1. The average molecular weight is 293 g/mol. The Kier molecular flexibility index (Phi) is 3.08. The van der Waals surface area contributed by atoms with Crippen molar-refractivity contribution in [3.63, 3.8) is 0 Å². The lowest BCUT2D eigenvalue weighted by molar-refractivity contribution is -0.286. The van der Waals surface area contributed by atoms with E-state index in [1.807, 2.05) is 19.1 Å². The molecule has 0 atom stereocenters. The maximum atomic E-state index is 12.9. The molecular formula is C15H13F2NO3. The molecule has 3 rings (SSSR count). The highest BCUT2D eigenvalue weighted by Gasteiger charge is 2.43. The van der Waals surface area contributed by atoms with E-state index in [2.05, 4.69) is 14.8 Å². The van der Waals surface area contributed by atoms with Gasteiger partial charge in [-0.1, -0.05) is 17.7 Å². The highest BCUT2D eigenvalue weighted by Crippen LogP contribution is 2.42. The number of benzene rings is 2. The third kappa shape index (κ3) is 2.84. The van der Waals surface area contributed by atoms with E-state index >= 15 is 0 Å². The summed E-state index contributed by atoms with van der Waals surface area (Å²) in [5.74, 6) is 0.169. The second kappa shape index (κ2) is 4.80. The summed E-state index contributed by atoms with van der Waals surface area (Å²) >= 11 is 0. The van der Waals surface area contributed by atoms with Crippen LogP contribution in [0.15, 0.2) is 36.4 Å². The van der Waals surface area contributed by atoms with Crippen LogP contribution in [0.4, 0.5) is 14.5 Å². The molecule has 0 aliphatic carbocycles. The number of rotatable bonds is 3. The maximum absolute atomic E-state index is 12.9. The quantitative estimate of drug-likeness (QED) is 0.907. The first-order valence-corrected chi connectivity index (χ1v) is 6.35. The Morgan fingerprint density at radius 1 is 1.10 bits per heavy atom. The average Bonchev–Trinajstić information content (AvgIpc) is 2.72. The van der Waals surface area contributed by atoms with Gasteiger partial charge in [-0.3, -0.25) is 0 Å². The number of ether oxygens (including phenoxy) is 2. The second-order valence-corrected chi connectivity index (χ2v) is 4.81. The van der Waals surface area contributed by atoms with Gasteiger partial charge >= 0.3 is 6.29 Å². The van der Waals surface area contributed by atoms with Crippen molar-refractivity contribution in [1.29, 1.82) is 0 Å². The van der Waals surface area contributed by atoms with Crippen LogP contribution in [-0.4, -0.2) is 11.4 Å². The number of phenols is 1. The predicted octanol–water partition coefficient (Wildman–Crippen LogP) is 3.63. The van der Waals surface area contributed by atoms with E-state index < -0.39 is 6.29 Å². The molecule has 1 heterocycles. The van der Waals surface area contributed by atoms with Gasteiger partial charge in [0, 0.05) is 23.9 Å². The molecule has 2 aromatic rings. The Labute approximate surface area is 119 Å². The summed E-state index contributed by atoms with van der Waals surface area (Å²) < 4.78 is 34.5. The van der Waals surface area contributed by atoms with E-state index in [0.717, 1.165) is 11.1 Å². The molecule has 110 valence electrons. The van der Waals surface area contributed by atoms with Crippen LogP contribution in [0.1, 0.15) is 11.1 Å². The minimum absolute atomic E-state index is 0.00366. The van der Waals surface area contributed by atoms with Gasteiger partial charge in [0.2, 0.25) is 0 Å². The molecule has 0 unspecified atom stereocenters. The van der Waals surface area contributed by atoms with Crippen LogP contribution in [0.2, 0.25) is 0 Å². The molecule has 0 fully saturated rings. The van der Waals surface area contributed by atoms with E-state index in [-0.39, 0.29) is 17.2 Å². The number of hydrogen-bond donors (Lipinski definition) is 2.